The van der Waals surface area contributed by atoms with Gasteiger partial charge in [-0.1, -0.05) is 18.2 Å². The first kappa shape index (κ1) is 21.9. The van der Waals surface area contributed by atoms with Gasteiger partial charge in [0.25, 0.3) is 11.5 Å². The fourth-order valence-corrected chi connectivity index (χ4v) is 3.42. The molecule has 2 aromatic heterocycles. The largest absolute Gasteiger partial charge is 0.497 e. The van der Waals surface area contributed by atoms with E-state index in [1.165, 1.54) is 25.3 Å². The number of H-pyrrole nitrogens is 1. The van der Waals surface area contributed by atoms with Crippen LogP contribution in [0.4, 0.5) is 4.39 Å². The number of hydrogen-bond donors (Lipinski definition) is 2. The number of amides is 1. The van der Waals surface area contributed by atoms with Crippen LogP contribution in [-0.4, -0.2) is 28.0 Å². The molecular formula is C25H21FN4O3. The van der Waals surface area contributed by atoms with Crippen molar-refractivity contribution in [3.05, 3.63) is 112 Å². The van der Waals surface area contributed by atoms with E-state index in [9.17, 15) is 14.0 Å². The van der Waals surface area contributed by atoms with Gasteiger partial charge in [0.05, 0.1) is 18.8 Å². The average Bonchev–Trinajstić information content (AvgIpc) is 2.84. The Morgan fingerprint density at radius 1 is 1.09 bits per heavy atom. The Morgan fingerprint density at radius 2 is 1.85 bits per heavy atom. The van der Waals surface area contributed by atoms with Crippen molar-refractivity contribution >= 4 is 5.91 Å². The lowest BCUT2D eigenvalue weighted by atomic mass is 10.0. The lowest BCUT2D eigenvalue weighted by molar-refractivity contribution is 0.0936. The molecule has 8 heteroatoms. The summed E-state index contributed by atoms with van der Waals surface area (Å²) >= 11 is 0. The van der Waals surface area contributed by atoms with Crippen LogP contribution in [0.5, 0.6) is 5.75 Å². The number of methoxy groups -OCH3 is 1. The normalized spacial score (nSPS) is 11.6. The molecule has 1 atom stereocenters. The van der Waals surface area contributed by atoms with Crippen LogP contribution in [-0.2, 0) is 6.42 Å². The molecule has 166 valence electrons. The Kier molecular flexibility index (Phi) is 6.54. The molecule has 1 amide bonds. The molecule has 2 heterocycles. The quantitative estimate of drug-likeness (QED) is 0.453. The van der Waals surface area contributed by atoms with E-state index in [0.717, 1.165) is 0 Å². The maximum atomic E-state index is 13.5. The molecule has 0 aliphatic carbocycles. The Hall–Kier alpha value is -4.33. The highest BCUT2D eigenvalue weighted by molar-refractivity contribution is 5.94. The number of hydrogen-bond acceptors (Lipinski definition) is 5. The van der Waals surface area contributed by atoms with Crippen molar-refractivity contribution in [1.29, 1.82) is 0 Å². The van der Waals surface area contributed by atoms with Gasteiger partial charge >= 0.3 is 0 Å². The van der Waals surface area contributed by atoms with Crippen molar-refractivity contribution in [2.45, 2.75) is 12.5 Å². The molecule has 0 fully saturated rings. The predicted molar refractivity (Wildman–Crippen MR) is 121 cm³/mol. The maximum absolute atomic E-state index is 13.5. The molecule has 0 aliphatic rings. The molecule has 7 nitrogen and oxygen atoms in total. The van der Waals surface area contributed by atoms with Gasteiger partial charge in [-0.15, -0.1) is 0 Å². The Labute approximate surface area is 189 Å². The third-order valence-electron chi connectivity index (χ3n) is 5.07. The van der Waals surface area contributed by atoms with Crippen LogP contribution >= 0.6 is 0 Å². The van der Waals surface area contributed by atoms with E-state index in [4.69, 9.17) is 4.74 Å². The molecular weight excluding hydrogens is 423 g/mol. The van der Waals surface area contributed by atoms with Gasteiger partial charge in [-0.3, -0.25) is 14.6 Å². The predicted octanol–water partition coefficient (Wildman–Crippen LogP) is 3.69. The topological polar surface area (TPSA) is 97.0 Å². The number of aromatic amines is 1. The van der Waals surface area contributed by atoms with Gasteiger partial charge in [-0.05, 0) is 48.0 Å². The summed E-state index contributed by atoms with van der Waals surface area (Å²) in [4.78, 5) is 36.5. The number of nitrogens with one attached hydrogen (secondary N) is 2. The first-order valence-electron chi connectivity index (χ1n) is 10.2. The third kappa shape index (κ3) is 5.48. The van der Waals surface area contributed by atoms with Crippen LogP contribution < -0.4 is 15.6 Å². The van der Waals surface area contributed by atoms with E-state index in [1.807, 2.05) is 0 Å². The molecule has 2 N–H and O–H groups in total. The molecule has 0 bridgehead atoms. The molecule has 4 rings (SSSR count). The number of halogens is 1. The number of carbonyl (C=O) groups excluding carboxylic acids is 1. The van der Waals surface area contributed by atoms with Crippen LogP contribution in [0.3, 0.4) is 0 Å². The first-order chi connectivity index (χ1) is 16.0. The minimum Gasteiger partial charge on any atom is -0.497 e. The summed E-state index contributed by atoms with van der Waals surface area (Å²) < 4.78 is 18.7. The fraction of sp³-hybridized carbons (Fsp3) is 0.120. The van der Waals surface area contributed by atoms with Gasteiger partial charge in [0.1, 0.15) is 17.4 Å². The van der Waals surface area contributed by atoms with E-state index in [0.29, 0.717) is 34.0 Å². The number of benzene rings is 2. The molecule has 0 spiro atoms. The van der Waals surface area contributed by atoms with Crippen LogP contribution in [0.15, 0.2) is 83.9 Å². The SMILES string of the molecule is COc1cccc(C(=O)N[C@H](Cc2cc(=O)[nH]c(-c3ccncc3)n2)c2ccc(F)cc2)c1. The number of aromatic nitrogens is 3. The number of nitrogens with zero attached hydrogens (tertiary/aromatic N) is 2. The Morgan fingerprint density at radius 3 is 2.58 bits per heavy atom. The number of carbonyl (C=O) groups is 1. The van der Waals surface area contributed by atoms with Gasteiger partial charge in [-0.25, -0.2) is 9.37 Å². The van der Waals surface area contributed by atoms with Crippen molar-refractivity contribution < 1.29 is 13.9 Å². The zero-order chi connectivity index (χ0) is 23.2. The number of pyridine rings is 1. The van der Waals surface area contributed by atoms with Crippen molar-refractivity contribution in [1.82, 2.24) is 20.3 Å². The highest BCUT2D eigenvalue weighted by Crippen LogP contribution is 2.21. The summed E-state index contributed by atoms with van der Waals surface area (Å²) in [6.07, 6.45) is 3.44. The smallest absolute Gasteiger partial charge is 0.251 e. The van der Waals surface area contributed by atoms with Crippen molar-refractivity contribution in [3.8, 4) is 17.1 Å². The molecule has 2 aromatic carbocycles. The molecule has 33 heavy (non-hydrogen) atoms. The second kappa shape index (κ2) is 9.86. The molecule has 0 radical (unpaired) electrons. The Bertz CT molecular complexity index is 1310. The van der Waals surface area contributed by atoms with Gasteiger partial charge in [0, 0.05) is 36.0 Å². The summed E-state index contributed by atoms with van der Waals surface area (Å²) in [5.74, 6) is 0.240. The van der Waals surface area contributed by atoms with E-state index < -0.39 is 6.04 Å². The average molecular weight is 444 g/mol. The molecule has 0 saturated heterocycles. The minimum atomic E-state index is -0.552. The van der Waals surface area contributed by atoms with Crippen molar-refractivity contribution in [2.75, 3.05) is 7.11 Å². The maximum Gasteiger partial charge on any atom is 0.251 e. The molecule has 4 aromatic rings. The minimum absolute atomic E-state index is 0.226. The van der Waals surface area contributed by atoms with Gasteiger partial charge < -0.3 is 15.0 Å². The van der Waals surface area contributed by atoms with Gasteiger partial charge in [0.15, 0.2) is 0 Å². The molecule has 0 saturated carbocycles. The summed E-state index contributed by atoms with van der Waals surface area (Å²) in [6, 6.07) is 16.9. The Balaban J connectivity index is 1.66. The highest BCUT2D eigenvalue weighted by atomic mass is 19.1. The zero-order valence-electron chi connectivity index (χ0n) is 17.8. The first-order valence-corrected chi connectivity index (χ1v) is 10.2. The van der Waals surface area contributed by atoms with E-state index in [1.54, 1.807) is 60.9 Å². The highest BCUT2D eigenvalue weighted by Gasteiger charge is 2.19. The second-order valence-corrected chi connectivity index (χ2v) is 7.33. The van der Waals surface area contributed by atoms with Gasteiger partial charge in [0.2, 0.25) is 0 Å². The van der Waals surface area contributed by atoms with Crippen molar-refractivity contribution in [3.63, 3.8) is 0 Å². The summed E-state index contributed by atoms with van der Waals surface area (Å²) in [7, 11) is 1.53. The number of rotatable bonds is 7. The standard InChI is InChI=1S/C25H21FN4O3/c1-33-21-4-2-3-18(13-21)25(32)29-22(16-5-7-19(26)8-6-16)14-20-15-23(31)30-24(28-20)17-9-11-27-12-10-17/h2-13,15,22H,14H2,1H3,(H,29,32)(H,28,30,31)/t22-/m1/s1. The van der Waals surface area contributed by atoms with Crippen LogP contribution in [0.25, 0.3) is 11.4 Å². The van der Waals surface area contributed by atoms with Crippen LogP contribution in [0.1, 0.15) is 27.7 Å². The zero-order valence-corrected chi connectivity index (χ0v) is 17.8. The van der Waals surface area contributed by atoms with Crippen LogP contribution in [0, 0.1) is 5.82 Å². The lowest BCUT2D eigenvalue weighted by Crippen LogP contribution is -2.30. The summed E-state index contributed by atoms with van der Waals surface area (Å²) in [5, 5.41) is 2.97. The fourth-order valence-electron chi connectivity index (χ4n) is 3.42. The van der Waals surface area contributed by atoms with E-state index in [-0.39, 0.29) is 23.7 Å². The summed E-state index contributed by atoms with van der Waals surface area (Å²) in [6.45, 7) is 0. The number of ether oxygens (including phenoxy) is 1. The molecule has 0 aliphatic heterocycles. The monoisotopic (exact) mass is 444 g/mol. The second-order valence-electron chi connectivity index (χ2n) is 7.33. The van der Waals surface area contributed by atoms with Gasteiger partial charge in [-0.2, -0.15) is 0 Å². The van der Waals surface area contributed by atoms with Crippen molar-refractivity contribution in [2.24, 2.45) is 0 Å². The summed E-state index contributed by atoms with van der Waals surface area (Å²) in [5.41, 5.74) is 1.97. The third-order valence-corrected chi connectivity index (χ3v) is 5.07. The molecule has 0 unspecified atom stereocenters. The van der Waals surface area contributed by atoms with E-state index in [2.05, 4.69) is 20.3 Å². The van der Waals surface area contributed by atoms with Crippen LogP contribution in [0.2, 0.25) is 0 Å². The lowest BCUT2D eigenvalue weighted by Gasteiger charge is -2.20. The van der Waals surface area contributed by atoms with E-state index >= 15 is 0 Å².